The summed E-state index contributed by atoms with van der Waals surface area (Å²) in [5.41, 5.74) is -0.509. The summed E-state index contributed by atoms with van der Waals surface area (Å²) in [5.74, 6) is 1.02. The first kappa shape index (κ1) is 14.9. The number of amides is 2. The molecule has 22 heavy (non-hydrogen) atoms. The van der Waals surface area contributed by atoms with Crippen molar-refractivity contribution in [2.75, 3.05) is 26.7 Å². The minimum absolute atomic E-state index is 0.109. The molecule has 0 saturated carbocycles. The number of hydrogen-bond donors (Lipinski definition) is 0. The minimum Gasteiger partial charge on any atom is -0.439 e. The molecule has 0 N–H and O–H groups in total. The Morgan fingerprint density at radius 3 is 2.91 bits per heavy atom. The molecule has 0 aliphatic carbocycles. The topological polar surface area (TPSA) is 67.7 Å². The number of carbonyl (C=O) groups is 2. The van der Waals surface area contributed by atoms with Gasteiger partial charge in [-0.15, -0.1) is 0 Å². The molecule has 7 nitrogen and oxygen atoms in total. The Hall–Kier alpha value is -2.05. The van der Waals surface area contributed by atoms with Gasteiger partial charge in [-0.25, -0.2) is 9.78 Å². The molecule has 3 heterocycles. The van der Waals surface area contributed by atoms with Gasteiger partial charge < -0.3 is 19.1 Å². The van der Waals surface area contributed by atoms with E-state index >= 15 is 0 Å². The highest BCUT2D eigenvalue weighted by Gasteiger charge is 2.47. The molecule has 2 aliphatic rings. The van der Waals surface area contributed by atoms with Crippen LogP contribution in [0, 0.1) is 6.92 Å². The second-order valence-electron chi connectivity index (χ2n) is 6.24. The average Bonchev–Trinajstić information content (AvgIpc) is 3.00. The molecule has 120 valence electrons. The third-order valence-corrected chi connectivity index (χ3v) is 4.52. The zero-order valence-electron chi connectivity index (χ0n) is 13.1. The lowest BCUT2D eigenvalue weighted by Crippen LogP contribution is -2.52. The van der Waals surface area contributed by atoms with Crippen LogP contribution in [0.4, 0.5) is 4.79 Å². The summed E-state index contributed by atoms with van der Waals surface area (Å²) >= 11 is 0. The molecule has 0 aromatic carbocycles. The Bertz CT molecular complexity index is 585. The highest BCUT2D eigenvalue weighted by atomic mass is 16.6. The number of likely N-dealkylation sites (N-methyl/N-ethyl adjacent to an activating group) is 1. The van der Waals surface area contributed by atoms with Crippen LogP contribution < -0.4 is 0 Å². The van der Waals surface area contributed by atoms with Crippen LogP contribution in [0.2, 0.25) is 0 Å². The van der Waals surface area contributed by atoms with Crippen molar-refractivity contribution >= 4 is 12.0 Å². The Labute approximate surface area is 129 Å². The van der Waals surface area contributed by atoms with Crippen molar-refractivity contribution in [1.82, 2.24) is 19.4 Å². The minimum atomic E-state index is -0.509. The van der Waals surface area contributed by atoms with Crippen molar-refractivity contribution in [1.29, 1.82) is 0 Å². The van der Waals surface area contributed by atoms with Gasteiger partial charge in [-0.1, -0.05) is 0 Å². The number of hydrogen-bond acceptors (Lipinski definition) is 4. The van der Waals surface area contributed by atoms with Gasteiger partial charge in [0, 0.05) is 39.0 Å². The van der Waals surface area contributed by atoms with Crippen molar-refractivity contribution in [3.05, 3.63) is 18.2 Å². The van der Waals surface area contributed by atoms with Gasteiger partial charge in [-0.3, -0.25) is 4.79 Å². The fourth-order valence-electron chi connectivity index (χ4n) is 3.33. The predicted molar refractivity (Wildman–Crippen MR) is 79.2 cm³/mol. The maximum Gasteiger partial charge on any atom is 0.410 e. The summed E-state index contributed by atoms with van der Waals surface area (Å²) in [6.45, 7) is 4.37. The maximum absolute atomic E-state index is 12.4. The van der Waals surface area contributed by atoms with E-state index in [0.29, 0.717) is 26.1 Å². The normalized spacial score (nSPS) is 24.9. The lowest BCUT2D eigenvalue weighted by molar-refractivity contribution is -0.137. The van der Waals surface area contributed by atoms with E-state index < -0.39 is 5.60 Å². The maximum atomic E-state index is 12.4. The zero-order chi connectivity index (χ0) is 15.7. The number of aryl methyl sites for hydroxylation is 2. The van der Waals surface area contributed by atoms with Gasteiger partial charge in [0.1, 0.15) is 11.4 Å². The number of rotatable bonds is 3. The molecular formula is C15H22N4O3. The van der Waals surface area contributed by atoms with Gasteiger partial charge in [0.2, 0.25) is 5.91 Å². The molecule has 0 bridgehead atoms. The van der Waals surface area contributed by atoms with E-state index in [1.807, 2.05) is 22.6 Å². The molecule has 2 fully saturated rings. The Balaban J connectivity index is 1.59. The van der Waals surface area contributed by atoms with Gasteiger partial charge in [0.05, 0.1) is 13.1 Å². The summed E-state index contributed by atoms with van der Waals surface area (Å²) < 4.78 is 7.50. The molecule has 1 aromatic heterocycles. The summed E-state index contributed by atoms with van der Waals surface area (Å²) in [7, 11) is 1.74. The van der Waals surface area contributed by atoms with E-state index in [-0.39, 0.29) is 12.0 Å². The number of nitrogens with zero attached hydrogens (tertiary/aromatic N) is 4. The quantitative estimate of drug-likeness (QED) is 0.836. The van der Waals surface area contributed by atoms with Gasteiger partial charge >= 0.3 is 6.09 Å². The SMILES string of the molecule is Cc1nccn1CCC(=O)N1CCCC2(CN(C)C(=O)O2)C1. The molecule has 1 atom stereocenters. The first-order valence-electron chi connectivity index (χ1n) is 7.69. The second-order valence-corrected chi connectivity index (χ2v) is 6.24. The van der Waals surface area contributed by atoms with E-state index in [1.165, 1.54) is 0 Å². The van der Waals surface area contributed by atoms with Crippen LogP contribution in [0.5, 0.6) is 0 Å². The number of imidazole rings is 1. The van der Waals surface area contributed by atoms with E-state index in [1.54, 1.807) is 18.1 Å². The Morgan fingerprint density at radius 2 is 2.27 bits per heavy atom. The number of carbonyl (C=O) groups excluding carboxylic acids is 2. The molecule has 1 aromatic rings. The first-order valence-corrected chi connectivity index (χ1v) is 7.69. The van der Waals surface area contributed by atoms with Gasteiger partial charge in [-0.05, 0) is 19.8 Å². The van der Waals surface area contributed by atoms with Crippen molar-refractivity contribution in [2.45, 2.75) is 38.3 Å². The molecule has 2 amide bonds. The zero-order valence-corrected chi connectivity index (χ0v) is 13.1. The van der Waals surface area contributed by atoms with Crippen LogP contribution in [0.3, 0.4) is 0 Å². The van der Waals surface area contributed by atoms with Crippen molar-refractivity contribution in [3.63, 3.8) is 0 Å². The van der Waals surface area contributed by atoms with Gasteiger partial charge in [0.25, 0.3) is 0 Å². The summed E-state index contributed by atoms with van der Waals surface area (Å²) in [6, 6.07) is 0. The summed E-state index contributed by atoms with van der Waals surface area (Å²) in [6.07, 6.45) is 5.47. The third-order valence-electron chi connectivity index (χ3n) is 4.52. The standard InChI is InChI=1S/C15H22N4O3/c1-12-16-6-9-18(12)8-4-13(20)19-7-3-5-15(11-19)10-17(2)14(21)22-15/h6,9H,3-5,7-8,10-11H2,1-2H3. The van der Waals surface area contributed by atoms with E-state index in [4.69, 9.17) is 4.74 Å². The van der Waals surface area contributed by atoms with E-state index in [0.717, 1.165) is 25.2 Å². The highest BCUT2D eigenvalue weighted by Crippen LogP contribution is 2.31. The average molecular weight is 306 g/mol. The molecule has 1 spiro atoms. The number of piperidine rings is 1. The van der Waals surface area contributed by atoms with Gasteiger partial charge in [0.15, 0.2) is 0 Å². The molecule has 2 aliphatic heterocycles. The Kier molecular flexibility index (Phi) is 3.80. The molecular weight excluding hydrogens is 284 g/mol. The smallest absolute Gasteiger partial charge is 0.410 e. The first-order chi connectivity index (χ1) is 10.5. The highest BCUT2D eigenvalue weighted by molar-refractivity contribution is 5.77. The van der Waals surface area contributed by atoms with Gasteiger partial charge in [-0.2, -0.15) is 0 Å². The van der Waals surface area contributed by atoms with Crippen molar-refractivity contribution in [3.8, 4) is 0 Å². The fourth-order valence-corrected chi connectivity index (χ4v) is 3.33. The number of likely N-dealkylation sites (tertiary alicyclic amines) is 1. The lowest BCUT2D eigenvalue weighted by Gasteiger charge is -2.38. The molecule has 1 unspecified atom stereocenters. The van der Waals surface area contributed by atoms with Crippen LogP contribution in [0.1, 0.15) is 25.1 Å². The molecule has 7 heteroatoms. The molecule has 3 rings (SSSR count). The monoisotopic (exact) mass is 306 g/mol. The van der Waals surface area contributed by atoms with Crippen LogP contribution in [-0.2, 0) is 16.1 Å². The summed E-state index contributed by atoms with van der Waals surface area (Å²) in [4.78, 5) is 31.7. The van der Waals surface area contributed by atoms with Crippen molar-refractivity contribution in [2.24, 2.45) is 0 Å². The van der Waals surface area contributed by atoms with Crippen LogP contribution in [0.15, 0.2) is 12.4 Å². The largest absolute Gasteiger partial charge is 0.439 e. The van der Waals surface area contributed by atoms with E-state index in [2.05, 4.69) is 4.98 Å². The molecule has 0 radical (unpaired) electrons. The predicted octanol–water partition coefficient (Wildman–Crippen LogP) is 1.02. The molecule has 2 saturated heterocycles. The van der Waals surface area contributed by atoms with Crippen LogP contribution >= 0.6 is 0 Å². The second kappa shape index (κ2) is 5.62. The lowest BCUT2D eigenvalue weighted by atomic mass is 9.92. The van der Waals surface area contributed by atoms with Crippen LogP contribution in [0.25, 0.3) is 0 Å². The fraction of sp³-hybridized carbons (Fsp3) is 0.667. The number of aromatic nitrogens is 2. The van der Waals surface area contributed by atoms with Crippen LogP contribution in [-0.4, -0.2) is 63.6 Å². The Morgan fingerprint density at radius 1 is 1.45 bits per heavy atom. The summed E-state index contributed by atoms with van der Waals surface area (Å²) in [5, 5.41) is 0. The van der Waals surface area contributed by atoms with Crippen molar-refractivity contribution < 1.29 is 14.3 Å². The number of ether oxygens (including phenoxy) is 1. The third kappa shape index (κ3) is 2.80. The van der Waals surface area contributed by atoms with E-state index in [9.17, 15) is 9.59 Å².